The molecule has 1 aromatic heterocycles. The lowest BCUT2D eigenvalue weighted by Gasteiger charge is -2.13. The molecule has 0 bridgehead atoms. The summed E-state index contributed by atoms with van der Waals surface area (Å²) in [6.45, 7) is 3.92. The van der Waals surface area contributed by atoms with Gasteiger partial charge in [0.05, 0.1) is 11.4 Å². The van der Waals surface area contributed by atoms with Gasteiger partial charge in [-0.05, 0) is 46.5 Å². The number of hydrogen-bond donors (Lipinski definition) is 1. The smallest absolute Gasteiger partial charge is 0.171 e. The summed E-state index contributed by atoms with van der Waals surface area (Å²) in [4.78, 5) is 0. The molecule has 0 aliphatic carbocycles. The summed E-state index contributed by atoms with van der Waals surface area (Å²) in [5, 5.41) is 20.4. The Morgan fingerprint density at radius 1 is 1.29 bits per heavy atom. The van der Waals surface area contributed by atoms with Gasteiger partial charge < -0.3 is 5.32 Å². The highest BCUT2D eigenvalue weighted by Gasteiger charge is 2.16. The molecule has 21 heavy (non-hydrogen) atoms. The summed E-state index contributed by atoms with van der Waals surface area (Å²) in [6, 6.07) is 6.80. The largest absolute Gasteiger partial charge is 0.334 e. The first kappa shape index (κ1) is 15.4. The number of hydrogen-bond acceptors (Lipinski definition) is 4. The van der Waals surface area contributed by atoms with Gasteiger partial charge in [0.25, 0.3) is 0 Å². The molecule has 0 aliphatic heterocycles. The second kappa shape index (κ2) is 6.64. The van der Waals surface area contributed by atoms with Crippen molar-refractivity contribution in [2.75, 3.05) is 5.32 Å². The van der Waals surface area contributed by atoms with E-state index in [1.165, 1.54) is 6.07 Å². The molecule has 2 aromatic rings. The third-order valence-corrected chi connectivity index (χ3v) is 3.82. The lowest BCUT2D eigenvalue weighted by molar-refractivity contribution is 0.631. The zero-order valence-corrected chi connectivity index (χ0v) is 13.3. The van der Waals surface area contributed by atoms with Crippen LogP contribution < -0.4 is 5.32 Å². The first-order chi connectivity index (χ1) is 10.1. The summed E-state index contributed by atoms with van der Waals surface area (Å²) in [7, 11) is 0. The van der Waals surface area contributed by atoms with Crippen molar-refractivity contribution in [3.8, 4) is 6.07 Å². The summed E-state index contributed by atoms with van der Waals surface area (Å²) in [6.07, 6.45) is 1.38. The second-order valence-electron chi connectivity index (χ2n) is 4.39. The number of nitrogens with zero attached hydrogens (tertiary/aromatic N) is 3. The van der Waals surface area contributed by atoms with Crippen LogP contribution in [0.3, 0.4) is 0 Å². The number of anilines is 2. The molecule has 0 atom stereocenters. The molecule has 4 nitrogen and oxygen atoms in total. The number of para-hydroxylation sites is 1. The number of rotatable bonds is 4. The molecule has 0 amide bonds. The zero-order valence-electron chi connectivity index (χ0n) is 11.7. The summed E-state index contributed by atoms with van der Waals surface area (Å²) in [5.74, 6) is -0.148. The fraction of sp³-hybridized carbons (Fsp3) is 0.267. The molecule has 0 spiro atoms. The summed E-state index contributed by atoms with van der Waals surface area (Å²) >= 11 is 3.28. The number of nitriles is 1. The average Bonchev–Trinajstić information content (AvgIpc) is 2.50. The molecule has 6 heteroatoms. The minimum atomic E-state index is -0.423. The fourth-order valence-electron chi connectivity index (χ4n) is 2.12. The maximum absolute atomic E-state index is 13.9. The Morgan fingerprint density at radius 2 is 2.05 bits per heavy atom. The van der Waals surface area contributed by atoms with Gasteiger partial charge in [-0.15, -0.1) is 5.10 Å². The van der Waals surface area contributed by atoms with Crippen LogP contribution in [0.4, 0.5) is 15.9 Å². The number of aromatic nitrogens is 2. The van der Waals surface area contributed by atoms with Gasteiger partial charge in [0.2, 0.25) is 0 Å². The van der Waals surface area contributed by atoms with E-state index in [1.807, 2.05) is 13.8 Å². The molecule has 2 rings (SSSR count). The molecule has 0 saturated carbocycles. The number of aryl methyl sites for hydroxylation is 1. The van der Waals surface area contributed by atoms with E-state index >= 15 is 0 Å². The number of nitrogens with one attached hydrogen (secondary N) is 1. The summed E-state index contributed by atoms with van der Waals surface area (Å²) < 4.78 is 14.4. The van der Waals surface area contributed by atoms with Gasteiger partial charge in [0.15, 0.2) is 5.82 Å². The Balaban J connectivity index is 2.53. The van der Waals surface area contributed by atoms with E-state index in [4.69, 9.17) is 0 Å². The highest BCUT2D eigenvalue weighted by molar-refractivity contribution is 9.10. The number of benzene rings is 1. The molecular weight excluding hydrogens is 335 g/mol. The molecule has 0 unspecified atom stereocenters. The fourth-order valence-corrected chi connectivity index (χ4v) is 2.56. The SMILES string of the molecule is CCc1nnc(Nc2c(F)cccc2Br)c(C#N)c1CC. The van der Waals surface area contributed by atoms with Gasteiger partial charge in [-0.3, -0.25) is 0 Å². The predicted molar refractivity (Wildman–Crippen MR) is 82.9 cm³/mol. The topological polar surface area (TPSA) is 61.6 Å². The molecule has 108 valence electrons. The molecule has 0 saturated heterocycles. The molecule has 0 aliphatic rings. The Kier molecular flexibility index (Phi) is 4.86. The average molecular weight is 349 g/mol. The van der Waals surface area contributed by atoms with Crippen LogP contribution in [0.1, 0.15) is 30.7 Å². The van der Waals surface area contributed by atoms with Crippen LogP contribution in [-0.4, -0.2) is 10.2 Å². The van der Waals surface area contributed by atoms with E-state index in [0.717, 1.165) is 11.3 Å². The van der Waals surface area contributed by atoms with E-state index in [9.17, 15) is 9.65 Å². The van der Waals surface area contributed by atoms with Gasteiger partial charge in [-0.2, -0.15) is 10.4 Å². The van der Waals surface area contributed by atoms with Gasteiger partial charge in [-0.25, -0.2) is 4.39 Å². The van der Waals surface area contributed by atoms with Gasteiger partial charge >= 0.3 is 0 Å². The molecule has 1 N–H and O–H groups in total. The van der Waals surface area contributed by atoms with Crippen molar-refractivity contribution in [1.29, 1.82) is 5.26 Å². The van der Waals surface area contributed by atoms with Gasteiger partial charge in [0.1, 0.15) is 17.4 Å². The van der Waals surface area contributed by atoms with Crippen LogP contribution in [0, 0.1) is 17.1 Å². The van der Waals surface area contributed by atoms with E-state index in [1.54, 1.807) is 12.1 Å². The van der Waals surface area contributed by atoms with Gasteiger partial charge in [-0.1, -0.05) is 19.9 Å². The van der Waals surface area contributed by atoms with Crippen LogP contribution in [0.2, 0.25) is 0 Å². The normalized spacial score (nSPS) is 10.2. The van der Waals surface area contributed by atoms with Crippen LogP contribution in [-0.2, 0) is 12.8 Å². The van der Waals surface area contributed by atoms with Crippen LogP contribution >= 0.6 is 15.9 Å². The maximum Gasteiger partial charge on any atom is 0.171 e. The molecule has 1 aromatic carbocycles. The molecule has 0 fully saturated rings. The Morgan fingerprint density at radius 3 is 2.62 bits per heavy atom. The second-order valence-corrected chi connectivity index (χ2v) is 5.24. The van der Waals surface area contributed by atoms with E-state index in [0.29, 0.717) is 22.9 Å². The molecule has 1 heterocycles. The third kappa shape index (κ3) is 3.03. The first-order valence-corrected chi connectivity index (χ1v) is 7.41. The van der Waals surface area contributed by atoms with Crippen LogP contribution in [0.25, 0.3) is 0 Å². The quantitative estimate of drug-likeness (QED) is 0.902. The predicted octanol–water partition coefficient (Wildman–Crippen LogP) is 4.12. The lowest BCUT2D eigenvalue weighted by atomic mass is 10.0. The van der Waals surface area contributed by atoms with Crippen LogP contribution in [0.5, 0.6) is 0 Å². The van der Waals surface area contributed by atoms with Crippen molar-refractivity contribution < 1.29 is 4.39 Å². The lowest BCUT2D eigenvalue weighted by Crippen LogP contribution is -2.08. The van der Waals surface area contributed by atoms with Gasteiger partial charge in [0, 0.05) is 4.47 Å². The monoisotopic (exact) mass is 348 g/mol. The zero-order chi connectivity index (χ0) is 15.4. The van der Waals surface area contributed by atoms with Crippen molar-refractivity contribution >= 4 is 27.4 Å². The Labute approximate surface area is 131 Å². The Bertz CT molecular complexity index is 689. The first-order valence-electron chi connectivity index (χ1n) is 6.61. The van der Waals surface area contributed by atoms with E-state index < -0.39 is 5.82 Å². The minimum Gasteiger partial charge on any atom is -0.334 e. The maximum atomic E-state index is 13.9. The van der Waals surface area contributed by atoms with Crippen molar-refractivity contribution in [2.24, 2.45) is 0 Å². The van der Waals surface area contributed by atoms with Crippen molar-refractivity contribution in [2.45, 2.75) is 26.7 Å². The third-order valence-electron chi connectivity index (χ3n) is 3.16. The van der Waals surface area contributed by atoms with E-state index in [-0.39, 0.29) is 11.5 Å². The molecular formula is C15H14BrFN4. The van der Waals surface area contributed by atoms with Crippen molar-refractivity contribution in [3.63, 3.8) is 0 Å². The van der Waals surface area contributed by atoms with E-state index in [2.05, 4.69) is 37.5 Å². The Hall–Kier alpha value is -2.00. The van der Waals surface area contributed by atoms with Crippen LogP contribution in [0.15, 0.2) is 22.7 Å². The minimum absolute atomic E-state index is 0.245. The van der Waals surface area contributed by atoms with Crippen molar-refractivity contribution in [3.05, 3.63) is 45.3 Å². The number of halogens is 2. The standard InChI is InChI=1S/C15H14BrFN4/c1-3-9-10(8-18)15(21-20-13(9)4-2)19-14-11(16)6-5-7-12(14)17/h5-7H,3-4H2,1-2H3,(H,19,21). The summed E-state index contributed by atoms with van der Waals surface area (Å²) in [5.41, 5.74) is 2.31. The highest BCUT2D eigenvalue weighted by Crippen LogP contribution is 2.30. The van der Waals surface area contributed by atoms with Crippen molar-refractivity contribution in [1.82, 2.24) is 10.2 Å². The molecule has 0 radical (unpaired) electrons. The highest BCUT2D eigenvalue weighted by atomic mass is 79.9.